The van der Waals surface area contributed by atoms with E-state index >= 15 is 0 Å². The Morgan fingerprint density at radius 1 is 1.10 bits per heavy atom. The first-order valence-electron chi connectivity index (χ1n) is 8.27. The molecule has 0 aliphatic heterocycles. The molecule has 0 bridgehead atoms. The highest BCUT2D eigenvalue weighted by Gasteiger charge is 2.54. The molecule has 1 heterocycles. The van der Waals surface area contributed by atoms with Crippen LogP contribution in [-0.4, -0.2) is 34.0 Å². The number of hydrogen-bond acceptors (Lipinski definition) is 5. The van der Waals surface area contributed by atoms with E-state index < -0.39 is 42.2 Å². The van der Waals surface area contributed by atoms with Crippen LogP contribution in [0.15, 0.2) is 42.5 Å². The second-order valence-electron chi connectivity index (χ2n) is 6.12. The Bertz CT molecular complexity index is 1020. The maximum Gasteiger partial charge on any atom is 0.421 e. The number of aliphatic hydroxyl groups is 2. The number of rotatable bonds is 5. The summed E-state index contributed by atoms with van der Waals surface area (Å²) in [5, 5.41) is 24.1. The van der Waals surface area contributed by atoms with E-state index in [1.807, 2.05) is 0 Å². The van der Waals surface area contributed by atoms with E-state index in [9.17, 15) is 27.5 Å². The lowest BCUT2D eigenvalue weighted by molar-refractivity contribution is -0.271. The number of anilines is 2. The van der Waals surface area contributed by atoms with Crippen molar-refractivity contribution in [1.82, 2.24) is 4.98 Å². The largest absolute Gasteiger partial charge is 0.421 e. The number of aromatic nitrogens is 1. The van der Waals surface area contributed by atoms with Gasteiger partial charge in [-0.05, 0) is 42.0 Å². The lowest BCUT2D eigenvalue weighted by atomic mass is 9.90. The highest BCUT2D eigenvalue weighted by molar-refractivity contribution is 7.22. The number of alkyl halides is 3. The summed E-state index contributed by atoms with van der Waals surface area (Å²) in [6.07, 6.45) is -5.89. The Kier molecular flexibility index (Phi) is 5.73. The van der Waals surface area contributed by atoms with E-state index in [-0.39, 0.29) is 5.13 Å². The van der Waals surface area contributed by atoms with Crippen LogP contribution in [0.3, 0.4) is 0 Å². The standard InChI is InChI=1S/C18H15F4N3O3S/c19-11-2-4-12(5-3-11)23-15(27)25-16-24-13-6-1-10(9-14(13)29-16)17(28,7-8-26)18(20,21)22/h1-6,9,26,28H,7-8H2,(H2,23,24,25,27)/t17-/m1/s1. The van der Waals surface area contributed by atoms with Crippen molar-refractivity contribution >= 4 is 38.4 Å². The molecule has 2 aromatic carbocycles. The number of urea groups is 1. The summed E-state index contributed by atoms with van der Waals surface area (Å²) in [7, 11) is 0. The fourth-order valence-electron chi connectivity index (χ4n) is 2.64. The van der Waals surface area contributed by atoms with E-state index in [2.05, 4.69) is 15.6 Å². The SMILES string of the molecule is O=C(Nc1ccc(F)cc1)Nc1nc2ccc([C@](O)(CCO)C(F)(F)F)cc2s1. The van der Waals surface area contributed by atoms with Crippen molar-refractivity contribution in [3.63, 3.8) is 0 Å². The molecule has 0 aliphatic carbocycles. The maximum absolute atomic E-state index is 13.3. The molecule has 3 aromatic rings. The Morgan fingerprint density at radius 3 is 2.41 bits per heavy atom. The highest BCUT2D eigenvalue weighted by atomic mass is 32.1. The smallest absolute Gasteiger partial charge is 0.396 e. The molecular weight excluding hydrogens is 414 g/mol. The molecule has 0 saturated heterocycles. The van der Waals surface area contributed by atoms with Crippen LogP contribution < -0.4 is 10.6 Å². The molecule has 6 nitrogen and oxygen atoms in total. The predicted molar refractivity (Wildman–Crippen MR) is 100 cm³/mol. The van der Waals surface area contributed by atoms with Crippen molar-refractivity contribution in [3.05, 3.63) is 53.8 Å². The van der Waals surface area contributed by atoms with Gasteiger partial charge in [-0.2, -0.15) is 13.2 Å². The van der Waals surface area contributed by atoms with Gasteiger partial charge in [-0.3, -0.25) is 5.32 Å². The zero-order chi connectivity index (χ0) is 21.2. The first-order valence-corrected chi connectivity index (χ1v) is 9.08. The zero-order valence-electron chi connectivity index (χ0n) is 14.6. The third-order valence-electron chi connectivity index (χ3n) is 4.13. The molecule has 1 aromatic heterocycles. The van der Waals surface area contributed by atoms with Crippen LogP contribution in [0, 0.1) is 5.82 Å². The molecule has 0 radical (unpaired) electrons. The van der Waals surface area contributed by atoms with Gasteiger partial charge in [0.25, 0.3) is 0 Å². The fourth-order valence-corrected chi connectivity index (χ4v) is 3.54. The van der Waals surface area contributed by atoms with E-state index in [1.54, 1.807) is 0 Å². The molecule has 0 unspecified atom stereocenters. The molecule has 1 atom stereocenters. The average molecular weight is 429 g/mol. The van der Waals surface area contributed by atoms with Crippen molar-refractivity contribution in [3.8, 4) is 0 Å². The summed E-state index contributed by atoms with van der Waals surface area (Å²) in [5.41, 5.74) is -2.97. The van der Waals surface area contributed by atoms with Crippen molar-refractivity contribution in [2.75, 3.05) is 17.2 Å². The number of aliphatic hydroxyl groups excluding tert-OH is 1. The molecule has 2 amide bonds. The normalized spacial score (nSPS) is 13.9. The minimum absolute atomic E-state index is 0.120. The number of amides is 2. The summed E-state index contributed by atoms with van der Waals surface area (Å²) in [4.78, 5) is 16.1. The van der Waals surface area contributed by atoms with E-state index in [1.165, 1.54) is 30.3 Å². The van der Waals surface area contributed by atoms with Gasteiger partial charge in [-0.1, -0.05) is 17.4 Å². The average Bonchev–Trinajstić information content (AvgIpc) is 3.04. The lowest BCUT2D eigenvalue weighted by Crippen LogP contribution is -2.43. The predicted octanol–water partition coefficient (Wildman–Crippen LogP) is 4.21. The minimum Gasteiger partial charge on any atom is -0.396 e. The summed E-state index contributed by atoms with van der Waals surface area (Å²) >= 11 is 0.914. The fraction of sp³-hybridized carbons (Fsp3) is 0.222. The lowest BCUT2D eigenvalue weighted by Gasteiger charge is -2.30. The van der Waals surface area contributed by atoms with Crippen molar-refractivity contribution in [2.24, 2.45) is 0 Å². The second-order valence-corrected chi connectivity index (χ2v) is 7.15. The molecule has 4 N–H and O–H groups in total. The Hall–Kier alpha value is -2.76. The zero-order valence-corrected chi connectivity index (χ0v) is 15.4. The van der Waals surface area contributed by atoms with Crippen molar-refractivity contribution in [1.29, 1.82) is 0 Å². The molecule has 0 spiro atoms. The van der Waals surface area contributed by atoms with Gasteiger partial charge in [-0.25, -0.2) is 14.2 Å². The molecule has 3 rings (SSSR count). The number of nitrogens with one attached hydrogen (secondary N) is 2. The Labute approximate surface area is 165 Å². The quantitative estimate of drug-likeness (QED) is 0.457. The summed E-state index contributed by atoms with van der Waals surface area (Å²) in [6, 6.07) is 7.89. The van der Waals surface area contributed by atoms with Gasteiger partial charge in [0, 0.05) is 18.7 Å². The number of carbonyl (C=O) groups excluding carboxylic acids is 1. The topological polar surface area (TPSA) is 94.5 Å². The number of halogens is 4. The Balaban J connectivity index is 1.81. The van der Waals surface area contributed by atoms with E-state index in [0.29, 0.717) is 15.9 Å². The highest BCUT2D eigenvalue weighted by Crippen LogP contribution is 2.42. The number of thiazole rings is 1. The van der Waals surface area contributed by atoms with Gasteiger partial charge in [0.2, 0.25) is 0 Å². The number of hydrogen-bond donors (Lipinski definition) is 4. The summed E-state index contributed by atoms with van der Waals surface area (Å²) in [5.74, 6) is -0.460. The molecule has 154 valence electrons. The molecular formula is C18H15F4N3O3S. The van der Waals surface area contributed by atoms with Crippen molar-refractivity contribution < 1.29 is 32.6 Å². The third kappa shape index (κ3) is 4.47. The van der Waals surface area contributed by atoms with Crippen LogP contribution in [0.4, 0.5) is 33.2 Å². The van der Waals surface area contributed by atoms with Crippen LogP contribution in [-0.2, 0) is 5.60 Å². The number of carbonyl (C=O) groups is 1. The van der Waals surface area contributed by atoms with E-state index in [0.717, 1.165) is 23.5 Å². The summed E-state index contributed by atoms with van der Waals surface area (Å²) in [6.45, 7) is -0.854. The monoisotopic (exact) mass is 429 g/mol. The molecule has 29 heavy (non-hydrogen) atoms. The molecule has 0 saturated carbocycles. The van der Waals surface area contributed by atoms with Crippen LogP contribution in [0.2, 0.25) is 0 Å². The number of benzene rings is 2. The number of fused-ring (bicyclic) bond motifs is 1. The van der Waals surface area contributed by atoms with Gasteiger partial charge >= 0.3 is 12.2 Å². The van der Waals surface area contributed by atoms with Crippen LogP contribution >= 0.6 is 11.3 Å². The molecule has 0 fully saturated rings. The van der Waals surface area contributed by atoms with Crippen LogP contribution in [0.25, 0.3) is 10.2 Å². The summed E-state index contributed by atoms with van der Waals surface area (Å²) < 4.78 is 53.2. The third-order valence-corrected chi connectivity index (χ3v) is 5.06. The van der Waals surface area contributed by atoms with Gasteiger partial charge < -0.3 is 15.5 Å². The first-order chi connectivity index (χ1) is 13.6. The second kappa shape index (κ2) is 7.93. The first kappa shape index (κ1) is 21.0. The molecule has 0 aliphatic rings. The van der Waals surface area contributed by atoms with Crippen LogP contribution in [0.1, 0.15) is 12.0 Å². The Morgan fingerprint density at radius 2 is 1.79 bits per heavy atom. The van der Waals surface area contributed by atoms with Crippen LogP contribution in [0.5, 0.6) is 0 Å². The maximum atomic E-state index is 13.3. The van der Waals surface area contributed by atoms with E-state index in [4.69, 9.17) is 5.11 Å². The molecule has 11 heteroatoms. The van der Waals surface area contributed by atoms with Gasteiger partial charge in [0.15, 0.2) is 10.7 Å². The van der Waals surface area contributed by atoms with Crippen molar-refractivity contribution in [2.45, 2.75) is 18.2 Å². The number of nitrogens with zero attached hydrogens (tertiary/aromatic N) is 1. The minimum atomic E-state index is -4.98. The van der Waals surface area contributed by atoms with Gasteiger partial charge in [0.05, 0.1) is 10.2 Å². The van der Waals surface area contributed by atoms with Gasteiger partial charge in [0.1, 0.15) is 5.82 Å². The van der Waals surface area contributed by atoms with Gasteiger partial charge in [-0.15, -0.1) is 0 Å².